The van der Waals surface area contributed by atoms with Crippen LogP contribution in [0.15, 0.2) is 60.7 Å². The van der Waals surface area contributed by atoms with Crippen LogP contribution < -0.4 is 15.0 Å². The molecule has 0 bridgehead atoms. The molecule has 11 heteroatoms. The molecule has 0 aromatic heterocycles. The van der Waals surface area contributed by atoms with Gasteiger partial charge in [0.25, 0.3) is 11.8 Å². The van der Waals surface area contributed by atoms with Gasteiger partial charge in [0.15, 0.2) is 0 Å². The van der Waals surface area contributed by atoms with E-state index in [2.05, 4.69) is 27.2 Å². The Morgan fingerprint density at radius 1 is 0.857 bits per heavy atom. The Hall–Kier alpha value is -3.92. The van der Waals surface area contributed by atoms with Crippen molar-refractivity contribution in [2.24, 2.45) is 0 Å². The minimum atomic E-state index is -1.02. The number of benzene rings is 3. The number of halogens is 2. The number of carbonyl (C=O) groups is 4. The van der Waals surface area contributed by atoms with Gasteiger partial charge in [-0.3, -0.25) is 34.3 Å². The summed E-state index contributed by atoms with van der Waals surface area (Å²) < 4.78 is 6.00. The summed E-state index contributed by atoms with van der Waals surface area (Å²) in [6, 6.07) is 17.5. The van der Waals surface area contributed by atoms with E-state index in [1.807, 2.05) is 24.3 Å². The third-order valence-electron chi connectivity index (χ3n) is 7.88. The topological polar surface area (TPSA) is 99.3 Å². The second kappa shape index (κ2) is 11.8. The molecule has 3 aromatic rings. The molecule has 3 aromatic carbocycles. The first kappa shape index (κ1) is 28.2. The monoisotopic (exact) mass is 606 g/mol. The van der Waals surface area contributed by atoms with Crippen LogP contribution in [0.4, 0.5) is 5.69 Å². The van der Waals surface area contributed by atoms with Crippen LogP contribution >= 0.6 is 23.2 Å². The van der Waals surface area contributed by atoms with Crippen molar-refractivity contribution in [3.63, 3.8) is 0 Å². The van der Waals surface area contributed by atoms with Gasteiger partial charge < -0.3 is 9.64 Å². The molecular formula is C31H28Cl2N4O5. The largest absolute Gasteiger partial charge is 0.488 e. The number of fused-ring (bicyclic) bond motifs is 1. The van der Waals surface area contributed by atoms with E-state index in [9.17, 15) is 19.2 Å². The molecule has 1 atom stereocenters. The predicted molar refractivity (Wildman–Crippen MR) is 158 cm³/mol. The maximum Gasteiger partial charge on any atom is 0.266 e. The summed E-state index contributed by atoms with van der Waals surface area (Å²) in [5.41, 5.74) is 3.43. The number of hydrogen-bond donors (Lipinski definition) is 1. The van der Waals surface area contributed by atoms with Gasteiger partial charge in [-0.2, -0.15) is 0 Å². The van der Waals surface area contributed by atoms with Gasteiger partial charge in [-0.05, 0) is 47.9 Å². The summed E-state index contributed by atoms with van der Waals surface area (Å²) in [7, 11) is 0. The summed E-state index contributed by atoms with van der Waals surface area (Å²) >= 11 is 12.4. The maximum atomic E-state index is 13.3. The van der Waals surface area contributed by atoms with Crippen molar-refractivity contribution in [1.82, 2.24) is 15.1 Å². The summed E-state index contributed by atoms with van der Waals surface area (Å²) in [6.07, 6.45) is 0.169. The lowest BCUT2D eigenvalue weighted by atomic mass is 10.0. The van der Waals surface area contributed by atoms with Crippen molar-refractivity contribution in [3.8, 4) is 5.75 Å². The zero-order valence-corrected chi connectivity index (χ0v) is 24.2. The zero-order valence-electron chi connectivity index (χ0n) is 22.6. The lowest BCUT2D eigenvalue weighted by Gasteiger charge is -2.36. The molecule has 2 fully saturated rings. The average Bonchev–Trinajstić information content (AvgIpc) is 3.23. The molecule has 2 saturated heterocycles. The molecule has 4 amide bonds. The predicted octanol–water partition coefficient (Wildman–Crippen LogP) is 4.30. The van der Waals surface area contributed by atoms with Crippen LogP contribution in [-0.4, -0.2) is 65.6 Å². The minimum Gasteiger partial charge on any atom is -0.488 e. The van der Waals surface area contributed by atoms with Gasteiger partial charge in [0.1, 0.15) is 18.4 Å². The number of carbonyl (C=O) groups excluding carboxylic acids is 4. The molecule has 42 heavy (non-hydrogen) atoms. The number of amides is 4. The lowest BCUT2D eigenvalue weighted by Crippen LogP contribution is -2.54. The van der Waals surface area contributed by atoms with Crippen molar-refractivity contribution in [3.05, 3.63) is 93.0 Å². The number of anilines is 1. The minimum absolute atomic E-state index is 0.0671. The molecule has 0 spiro atoms. The van der Waals surface area contributed by atoms with E-state index < -0.39 is 29.7 Å². The van der Waals surface area contributed by atoms with Gasteiger partial charge in [0.2, 0.25) is 11.8 Å². The van der Waals surface area contributed by atoms with Crippen LogP contribution in [0.1, 0.15) is 44.7 Å². The third-order valence-corrected chi connectivity index (χ3v) is 8.41. The number of nitrogens with one attached hydrogen (secondary N) is 1. The highest BCUT2D eigenvalue weighted by Crippen LogP contribution is 2.34. The Morgan fingerprint density at radius 3 is 2.31 bits per heavy atom. The lowest BCUT2D eigenvalue weighted by molar-refractivity contribution is -0.136. The molecule has 1 unspecified atom stereocenters. The second-order valence-electron chi connectivity index (χ2n) is 10.6. The number of ether oxygens (including phenoxy) is 1. The Kier molecular flexibility index (Phi) is 7.90. The van der Waals surface area contributed by atoms with Gasteiger partial charge in [0, 0.05) is 44.2 Å². The summed E-state index contributed by atoms with van der Waals surface area (Å²) in [4.78, 5) is 55.8. The quantitative estimate of drug-likeness (QED) is 0.400. The summed E-state index contributed by atoms with van der Waals surface area (Å²) in [5.74, 6) is -1.92. The molecule has 3 heterocycles. The van der Waals surface area contributed by atoms with Gasteiger partial charge >= 0.3 is 0 Å². The van der Waals surface area contributed by atoms with Crippen molar-refractivity contribution in [1.29, 1.82) is 0 Å². The molecule has 1 N–H and O–H groups in total. The van der Waals surface area contributed by atoms with E-state index in [0.29, 0.717) is 10.0 Å². The van der Waals surface area contributed by atoms with E-state index >= 15 is 0 Å². The van der Waals surface area contributed by atoms with Gasteiger partial charge in [-0.15, -0.1) is 0 Å². The number of hydrogen-bond acceptors (Lipinski definition) is 7. The molecule has 0 radical (unpaired) electrons. The van der Waals surface area contributed by atoms with Crippen molar-refractivity contribution in [2.45, 2.75) is 32.0 Å². The van der Waals surface area contributed by atoms with Crippen molar-refractivity contribution >= 4 is 52.5 Å². The molecule has 216 valence electrons. The normalized spacial score (nSPS) is 19.2. The van der Waals surface area contributed by atoms with Crippen LogP contribution in [-0.2, 0) is 22.7 Å². The highest BCUT2D eigenvalue weighted by Gasteiger charge is 2.46. The summed E-state index contributed by atoms with van der Waals surface area (Å²) in [5, 5.41) is 3.50. The van der Waals surface area contributed by atoms with E-state index in [1.165, 1.54) is 5.56 Å². The fraction of sp³-hybridized carbons (Fsp3) is 0.290. The van der Waals surface area contributed by atoms with Crippen LogP contribution in [0.5, 0.6) is 5.75 Å². The van der Waals surface area contributed by atoms with E-state index in [0.717, 1.165) is 48.9 Å². The van der Waals surface area contributed by atoms with Gasteiger partial charge in [-0.1, -0.05) is 53.5 Å². The standard InChI is InChI=1S/C31H28Cl2N4O5/c32-21-8-9-24(23(33)16-21)36-14-12-35(13-15-36)17-19-4-6-20(7-5-19)18-42-26-3-1-2-22-28(26)31(41)37(30(22)40)25-10-11-27(38)34-29(25)39/h1-9,16,25H,10-15,17-18H2,(H,34,38,39). The van der Waals surface area contributed by atoms with E-state index in [4.69, 9.17) is 27.9 Å². The first-order valence-electron chi connectivity index (χ1n) is 13.8. The molecule has 0 saturated carbocycles. The highest BCUT2D eigenvalue weighted by molar-refractivity contribution is 6.36. The van der Waals surface area contributed by atoms with Crippen LogP contribution in [0.25, 0.3) is 0 Å². The number of piperidine rings is 1. The number of imide groups is 2. The van der Waals surface area contributed by atoms with Crippen LogP contribution in [0, 0.1) is 0 Å². The molecule has 6 rings (SSSR count). The smallest absolute Gasteiger partial charge is 0.266 e. The molecule has 9 nitrogen and oxygen atoms in total. The fourth-order valence-corrected chi connectivity index (χ4v) is 6.18. The Balaban J connectivity index is 1.05. The Morgan fingerprint density at radius 2 is 1.60 bits per heavy atom. The number of nitrogens with zero attached hydrogens (tertiary/aromatic N) is 3. The summed E-state index contributed by atoms with van der Waals surface area (Å²) in [6.45, 7) is 4.59. The zero-order chi connectivity index (χ0) is 29.4. The number of rotatable bonds is 7. The molecule has 3 aliphatic rings. The van der Waals surface area contributed by atoms with Crippen molar-refractivity contribution < 1.29 is 23.9 Å². The van der Waals surface area contributed by atoms with Crippen LogP contribution in [0.2, 0.25) is 10.0 Å². The first-order chi connectivity index (χ1) is 20.3. The first-order valence-corrected chi connectivity index (χ1v) is 14.5. The molecular weight excluding hydrogens is 579 g/mol. The highest BCUT2D eigenvalue weighted by atomic mass is 35.5. The third kappa shape index (κ3) is 5.60. The Labute approximate surface area is 252 Å². The molecule has 3 aliphatic heterocycles. The fourth-order valence-electron chi connectivity index (χ4n) is 5.65. The maximum absolute atomic E-state index is 13.3. The Bertz CT molecular complexity index is 1570. The van der Waals surface area contributed by atoms with Gasteiger partial charge in [0.05, 0.1) is 21.8 Å². The number of piperazine rings is 1. The SMILES string of the molecule is O=C1CCC(N2C(=O)c3cccc(OCc4ccc(CN5CCN(c6ccc(Cl)cc6Cl)CC5)cc4)c3C2=O)C(=O)N1. The second-order valence-corrected chi connectivity index (χ2v) is 11.4. The van der Waals surface area contributed by atoms with Crippen molar-refractivity contribution in [2.75, 3.05) is 31.1 Å². The average molecular weight is 607 g/mol. The van der Waals surface area contributed by atoms with E-state index in [1.54, 1.807) is 24.3 Å². The van der Waals surface area contributed by atoms with Gasteiger partial charge in [-0.25, -0.2) is 0 Å². The molecule has 0 aliphatic carbocycles. The van der Waals surface area contributed by atoms with E-state index in [-0.39, 0.29) is 36.3 Å². The van der Waals surface area contributed by atoms with Crippen LogP contribution in [0.3, 0.4) is 0 Å².